The quantitative estimate of drug-likeness (QED) is 0.846. The topological polar surface area (TPSA) is 35.2 Å². The molecule has 2 N–H and O–H groups in total. The second kappa shape index (κ2) is 6.93. The summed E-state index contributed by atoms with van der Waals surface area (Å²) in [6, 6.07) is 14.1. The number of hydrogen-bond acceptors (Lipinski definition) is 2. The largest absolute Gasteiger partial charge is 0.492 e. The molecule has 118 valence electrons. The summed E-state index contributed by atoms with van der Waals surface area (Å²) in [5.74, 6) is 0.541. The minimum atomic E-state index is -0.271. The van der Waals surface area contributed by atoms with E-state index in [0.717, 1.165) is 17.7 Å². The van der Waals surface area contributed by atoms with E-state index in [2.05, 4.69) is 32.9 Å². The Kier molecular flexibility index (Phi) is 5.19. The molecule has 0 saturated carbocycles. The molecule has 0 fully saturated rings. The molecule has 0 saturated heterocycles. The predicted octanol–water partition coefficient (Wildman–Crippen LogP) is 4.59. The molecule has 0 aliphatic rings. The molecule has 2 aromatic carbocycles. The van der Waals surface area contributed by atoms with E-state index in [9.17, 15) is 4.39 Å². The average molecular weight is 301 g/mol. The molecule has 0 aromatic heterocycles. The van der Waals surface area contributed by atoms with Crippen LogP contribution in [0.3, 0.4) is 0 Å². The van der Waals surface area contributed by atoms with Crippen molar-refractivity contribution in [2.75, 3.05) is 6.61 Å². The molecule has 22 heavy (non-hydrogen) atoms. The van der Waals surface area contributed by atoms with E-state index in [0.29, 0.717) is 6.61 Å². The molecular formula is C19H24FNO. The number of benzene rings is 2. The summed E-state index contributed by atoms with van der Waals surface area (Å²) in [4.78, 5) is 0. The van der Waals surface area contributed by atoms with Gasteiger partial charge in [0, 0.05) is 0 Å². The maximum Gasteiger partial charge on any atom is 0.123 e. The Hall–Kier alpha value is -1.87. The maximum atomic E-state index is 12.9. The van der Waals surface area contributed by atoms with Crippen LogP contribution in [0, 0.1) is 5.82 Å². The molecule has 2 aromatic rings. The second-order valence-electron chi connectivity index (χ2n) is 6.23. The average Bonchev–Trinajstić information content (AvgIpc) is 2.53. The van der Waals surface area contributed by atoms with Gasteiger partial charge in [0.2, 0.25) is 0 Å². The molecule has 2 rings (SSSR count). The van der Waals surface area contributed by atoms with Gasteiger partial charge in [-0.15, -0.1) is 0 Å². The molecule has 3 heteroatoms. The standard InChI is InChI=1S/C19H24FNO/c1-4-19(2,3)15-7-11-17(12-8-15)22-13-18(21)14-5-9-16(20)10-6-14/h5-12,18H,4,13,21H2,1-3H3. The van der Waals surface area contributed by atoms with Crippen molar-refractivity contribution >= 4 is 0 Å². The monoisotopic (exact) mass is 301 g/mol. The van der Waals surface area contributed by atoms with Crippen molar-refractivity contribution in [3.63, 3.8) is 0 Å². The highest BCUT2D eigenvalue weighted by Gasteiger charge is 2.17. The van der Waals surface area contributed by atoms with Gasteiger partial charge in [0.1, 0.15) is 18.2 Å². The minimum Gasteiger partial charge on any atom is -0.492 e. The first-order valence-electron chi connectivity index (χ1n) is 7.67. The highest BCUT2D eigenvalue weighted by Crippen LogP contribution is 2.28. The van der Waals surface area contributed by atoms with Gasteiger partial charge >= 0.3 is 0 Å². The number of hydrogen-bond donors (Lipinski definition) is 1. The third-order valence-corrected chi connectivity index (χ3v) is 4.25. The smallest absolute Gasteiger partial charge is 0.123 e. The Labute approximate surface area is 132 Å². The van der Waals surface area contributed by atoms with Gasteiger partial charge in [-0.2, -0.15) is 0 Å². The zero-order valence-corrected chi connectivity index (χ0v) is 13.5. The number of halogens is 1. The Bertz CT molecular complexity index is 590. The Morgan fingerprint density at radius 2 is 1.64 bits per heavy atom. The summed E-state index contributed by atoms with van der Waals surface area (Å²) in [5, 5.41) is 0. The van der Waals surface area contributed by atoms with Crippen molar-refractivity contribution in [1.29, 1.82) is 0 Å². The number of ether oxygens (including phenoxy) is 1. The van der Waals surface area contributed by atoms with E-state index >= 15 is 0 Å². The zero-order chi connectivity index (χ0) is 16.2. The molecule has 2 nitrogen and oxygen atoms in total. The van der Waals surface area contributed by atoms with E-state index < -0.39 is 0 Å². The molecule has 0 aliphatic heterocycles. The van der Waals surface area contributed by atoms with Crippen LogP contribution in [0.4, 0.5) is 4.39 Å². The van der Waals surface area contributed by atoms with Crippen LogP contribution in [0.15, 0.2) is 48.5 Å². The lowest BCUT2D eigenvalue weighted by atomic mass is 9.82. The fourth-order valence-electron chi connectivity index (χ4n) is 2.20. The molecule has 0 spiro atoms. The second-order valence-corrected chi connectivity index (χ2v) is 6.23. The molecular weight excluding hydrogens is 277 g/mol. The van der Waals surface area contributed by atoms with Crippen LogP contribution in [-0.2, 0) is 5.41 Å². The fourth-order valence-corrected chi connectivity index (χ4v) is 2.20. The lowest BCUT2D eigenvalue weighted by molar-refractivity contribution is 0.290. The van der Waals surface area contributed by atoms with E-state index in [4.69, 9.17) is 10.5 Å². The molecule has 0 bridgehead atoms. The summed E-state index contributed by atoms with van der Waals surface area (Å²) in [6.45, 7) is 7.01. The highest BCUT2D eigenvalue weighted by atomic mass is 19.1. The van der Waals surface area contributed by atoms with Crippen molar-refractivity contribution in [3.05, 3.63) is 65.5 Å². The van der Waals surface area contributed by atoms with Crippen LogP contribution in [-0.4, -0.2) is 6.61 Å². The third-order valence-electron chi connectivity index (χ3n) is 4.25. The van der Waals surface area contributed by atoms with Crippen molar-refractivity contribution < 1.29 is 9.13 Å². The van der Waals surface area contributed by atoms with Gasteiger partial charge in [-0.1, -0.05) is 45.0 Å². The first kappa shape index (κ1) is 16.5. The molecule has 0 radical (unpaired) electrons. The first-order chi connectivity index (χ1) is 10.4. The van der Waals surface area contributed by atoms with Crippen LogP contribution >= 0.6 is 0 Å². The highest BCUT2D eigenvalue weighted by molar-refractivity contribution is 5.31. The first-order valence-corrected chi connectivity index (χ1v) is 7.67. The van der Waals surface area contributed by atoms with Crippen LogP contribution in [0.5, 0.6) is 5.75 Å². The van der Waals surface area contributed by atoms with Crippen molar-refractivity contribution in [2.45, 2.75) is 38.6 Å². The summed E-state index contributed by atoms with van der Waals surface area (Å²) in [5.41, 5.74) is 8.40. The molecule has 1 unspecified atom stereocenters. The van der Waals surface area contributed by atoms with Crippen molar-refractivity contribution in [3.8, 4) is 5.75 Å². The Balaban J connectivity index is 1.95. The van der Waals surface area contributed by atoms with Gasteiger partial charge in [0.15, 0.2) is 0 Å². The molecule has 0 amide bonds. The van der Waals surface area contributed by atoms with Gasteiger partial charge < -0.3 is 10.5 Å². The van der Waals surface area contributed by atoms with E-state index in [1.165, 1.54) is 17.7 Å². The molecule has 0 aliphatic carbocycles. The lowest BCUT2D eigenvalue weighted by Crippen LogP contribution is -2.19. The van der Waals surface area contributed by atoms with Crippen LogP contribution in [0.2, 0.25) is 0 Å². The van der Waals surface area contributed by atoms with E-state index in [1.807, 2.05) is 12.1 Å². The van der Waals surface area contributed by atoms with Gasteiger partial charge in [0.05, 0.1) is 6.04 Å². The summed E-state index contributed by atoms with van der Waals surface area (Å²) >= 11 is 0. The van der Waals surface area contributed by atoms with Crippen LogP contribution in [0.25, 0.3) is 0 Å². The van der Waals surface area contributed by atoms with Crippen LogP contribution < -0.4 is 10.5 Å². The minimum absolute atomic E-state index is 0.170. The maximum absolute atomic E-state index is 12.9. The summed E-state index contributed by atoms with van der Waals surface area (Å²) in [7, 11) is 0. The Morgan fingerprint density at radius 1 is 1.05 bits per heavy atom. The summed E-state index contributed by atoms with van der Waals surface area (Å²) < 4.78 is 18.6. The predicted molar refractivity (Wildman–Crippen MR) is 88.6 cm³/mol. The van der Waals surface area contributed by atoms with E-state index in [1.54, 1.807) is 12.1 Å². The lowest BCUT2D eigenvalue weighted by Gasteiger charge is -2.23. The SMILES string of the molecule is CCC(C)(C)c1ccc(OCC(N)c2ccc(F)cc2)cc1. The van der Waals surface area contributed by atoms with Gasteiger partial charge in [0.25, 0.3) is 0 Å². The Morgan fingerprint density at radius 3 is 2.18 bits per heavy atom. The third kappa shape index (κ3) is 4.08. The zero-order valence-electron chi connectivity index (χ0n) is 13.5. The van der Waals surface area contributed by atoms with Gasteiger partial charge in [-0.3, -0.25) is 0 Å². The molecule has 1 atom stereocenters. The van der Waals surface area contributed by atoms with Gasteiger partial charge in [-0.05, 0) is 47.2 Å². The van der Waals surface area contributed by atoms with E-state index in [-0.39, 0.29) is 17.3 Å². The number of rotatable bonds is 6. The normalized spacial score (nSPS) is 13.0. The van der Waals surface area contributed by atoms with Crippen molar-refractivity contribution in [2.24, 2.45) is 5.73 Å². The fraction of sp³-hybridized carbons (Fsp3) is 0.368. The molecule has 0 heterocycles. The van der Waals surface area contributed by atoms with Crippen LogP contribution in [0.1, 0.15) is 44.4 Å². The number of nitrogens with two attached hydrogens (primary N) is 1. The van der Waals surface area contributed by atoms with Gasteiger partial charge in [-0.25, -0.2) is 4.39 Å². The van der Waals surface area contributed by atoms with Crippen molar-refractivity contribution in [1.82, 2.24) is 0 Å². The summed E-state index contributed by atoms with van der Waals surface area (Å²) in [6.07, 6.45) is 1.09.